The number of nitrogens with two attached hydrogens (primary N) is 1. The molecule has 1 atom stereocenters. The standard InChI is InChI=1S/C24H25N5OS.C2H6/c25-17-20-21(26)11-12-29(24(20)31)22(18-7-3-1-4-8-18)23(30)28-15-13-27(14-16-28)19-9-5-2-6-10-19;1-2/h1-12,17,22,25H,13-16,26H2;1-2H3. The van der Waals surface area contributed by atoms with Crippen LogP contribution in [-0.4, -0.2) is 47.8 Å². The van der Waals surface area contributed by atoms with Gasteiger partial charge in [-0.15, -0.1) is 0 Å². The average Bonchev–Trinajstić information content (AvgIpc) is 2.88. The first-order valence-electron chi connectivity index (χ1n) is 11.2. The first-order chi connectivity index (χ1) is 16.1. The van der Waals surface area contributed by atoms with Gasteiger partial charge in [0.25, 0.3) is 0 Å². The molecule has 1 aromatic heterocycles. The van der Waals surface area contributed by atoms with Gasteiger partial charge in [0.15, 0.2) is 0 Å². The van der Waals surface area contributed by atoms with Gasteiger partial charge >= 0.3 is 0 Å². The van der Waals surface area contributed by atoms with Gasteiger partial charge in [-0.3, -0.25) is 4.79 Å². The minimum Gasteiger partial charge on any atom is -0.398 e. The Balaban J connectivity index is 0.00000149. The van der Waals surface area contributed by atoms with Gasteiger partial charge in [0, 0.05) is 50.0 Å². The zero-order chi connectivity index (χ0) is 23.8. The number of hydrogen-bond acceptors (Lipinski definition) is 5. The highest BCUT2D eigenvalue weighted by molar-refractivity contribution is 7.71. The van der Waals surface area contributed by atoms with Gasteiger partial charge in [-0.1, -0.05) is 74.6 Å². The molecule has 7 heteroatoms. The maximum absolute atomic E-state index is 13.7. The number of anilines is 2. The molecule has 1 aliphatic heterocycles. The third-order valence-corrected chi connectivity index (χ3v) is 6.11. The van der Waals surface area contributed by atoms with Gasteiger partial charge in [0.1, 0.15) is 10.7 Å². The summed E-state index contributed by atoms with van der Waals surface area (Å²) in [7, 11) is 0. The van der Waals surface area contributed by atoms with E-state index in [9.17, 15) is 4.79 Å². The molecule has 33 heavy (non-hydrogen) atoms. The molecule has 3 N–H and O–H groups in total. The van der Waals surface area contributed by atoms with Crippen molar-refractivity contribution in [1.29, 1.82) is 5.41 Å². The number of amides is 1. The lowest BCUT2D eigenvalue weighted by Gasteiger charge is -2.38. The van der Waals surface area contributed by atoms with Crippen molar-refractivity contribution in [3.8, 4) is 0 Å². The fourth-order valence-electron chi connectivity index (χ4n) is 3.98. The number of pyridine rings is 1. The summed E-state index contributed by atoms with van der Waals surface area (Å²) >= 11 is 5.61. The fraction of sp³-hybridized carbons (Fsp3) is 0.269. The normalized spacial score (nSPS) is 14.1. The van der Waals surface area contributed by atoms with E-state index in [1.54, 1.807) is 16.8 Å². The highest BCUT2D eigenvalue weighted by Gasteiger charge is 2.30. The smallest absolute Gasteiger partial charge is 0.250 e. The molecule has 0 spiro atoms. The van der Waals surface area contributed by atoms with Crippen LogP contribution in [0.1, 0.15) is 31.0 Å². The summed E-state index contributed by atoms with van der Waals surface area (Å²) in [6, 6.07) is 21.0. The number of nitrogen functional groups attached to an aromatic ring is 1. The number of nitrogens with one attached hydrogen (secondary N) is 1. The molecule has 6 nitrogen and oxygen atoms in total. The summed E-state index contributed by atoms with van der Waals surface area (Å²) in [5.74, 6) is -0.00397. The van der Waals surface area contributed by atoms with Crippen molar-refractivity contribution >= 4 is 35.7 Å². The zero-order valence-electron chi connectivity index (χ0n) is 19.1. The Kier molecular flexibility index (Phi) is 8.38. The first-order valence-corrected chi connectivity index (χ1v) is 11.7. The molecule has 0 radical (unpaired) electrons. The predicted molar refractivity (Wildman–Crippen MR) is 139 cm³/mol. The number of nitrogens with zero attached hydrogens (tertiary/aromatic N) is 3. The van der Waals surface area contributed by atoms with Crippen molar-refractivity contribution in [2.24, 2.45) is 0 Å². The molecular weight excluding hydrogens is 430 g/mol. The molecule has 0 bridgehead atoms. The molecule has 172 valence electrons. The van der Waals surface area contributed by atoms with Crippen LogP contribution < -0.4 is 10.6 Å². The Bertz CT molecular complexity index is 1120. The molecule has 1 unspecified atom stereocenters. The zero-order valence-corrected chi connectivity index (χ0v) is 20.0. The number of benzene rings is 2. The van der Waals surface area contributed by atoms with Crippen molar-refractivity contribution < 1.29 is 4.79 Å². The number of hydrogen-bond donors (Lipinski definition) is 2. The van der Waals surface area contributed by atoms with Gasteiger partial charge in [-0.2, -0.15) is 0 Å². The summed E-state index contributed by atoms with van der Waals surface area (Å²) in [5.41, 5.74) is 8.92. The average molecular weight is 462 g/mol. The van der Waals surface area contributed by atoms with E-state index in [1.165, 1.54) is 5.69 Å². The van der Waals surface area contributed by atoms with Crippen molar-refractivity contribution in [3.63, 3.8) is 0 Å². The number of carbonyl (C=O) groups excluding carboxylic acids is 1. The van der Waals surface area contributed by atoms with Gasteiger partial charge in [0.2, 0.25) is 5.91 Å². The maximum Gasteiger partial charge on any atom is 0.250 e. The van der Waals surface area contributed by atoms with Crippen molar-refractivity contribution in [2.75, 3.05) is 36.8 Å². The molecule has 4 rings (SSSR count). The van der Waals surface area contributed by atoms with Crippen LogP contribution in [0.5, 0.6) is 0 Å². The van der Waals surface area contributed by atoms with Crippen LogP contribution in [0, 0.1) is 10.0 Å². The van der Waals surface area contributed by atoms with Crippen LogP contribution in [0.4, 0.5) is 11.4 Å². The molecule has 1 aliphatic rings. The molecule has 0 aliphatic carbocycles. The Labute approximate surface area is 200 Å². The van der Waals surface area contributed by atoms with Gasteiger partial charge in [0.05, 0.1) is 5.56 Å². The maximum atomic E-state index is 13.7. The van der Waals surface area contributed by atoms with Crippen molar-refractivity contribution in [1.82, 2.24) is 9.47 Å². The Morgan fingerprint density at radius 1 is 0.970 bits per heavy atom. The summed E-state index contributed by atoms with van der Waals surface area (Å²) in [4.78, 5) is 17.9. The lowest BCUT2D eigenvalue weighted by atomic mass is 10.0. The van der Waals surface area contributed by atoms with Gasteiger partial charge in [-0.25, -0.2) is 0 Å². The van der Waals surface area contributed by atoms with E-state index >= 15 is 0 Å². The van der Waals surface area contributed by atoms with Gasteiger partial charge < -0.3 is 25.5 Å². The van der Waals surface area contributed by atoms with E-state index in [2.05, 4.69) is 17.0 Å². The van der Waals surface area contributed by atoms with E-state index in [0.29, 0.717) is 29.0 Å². The van der Waals surface area contributed by atoms with Crippen LogP contribution >= 0.6 is 12.2 Å². The molecule has 3 aromatic rings. The summed E-state index contributed by atoms with van der Waals surface area (Å²) < 4.78 is 2.15. The largest absolute Gasteiger partial charge is 0.398 e. The molecule has 1 fully saturated rings. The van der Waals surface area contributed by atoms with Crippen LogP contribution in [0.2, 0.25) is 0 Å². The summed E-state index contributed by atoms with van der Waals surface area (Å²) in [6.07, 6.45) is 2.90. The van der Waals surface area contributed by atoms with Crippen molar-refractivity contribution in [3.05, 3.63) is 88.7 Å². The second-order valence-corrected chi connectivity index (χ2v) is 7.89. The molecular formula is C26H31N5OS. The lowest BCUT2D eigenvalue weighted by Crippen LogP contribution is -2.50. The SMILES string of the molecule is CC.N=Cc1c(N)ccn(C(C(=O)N2CCN(c3ccccc3)CC2)c2ccccc2)c1=S. The number of rotatable bonds is 5. The number of para-hydroxylation sites is 1. The summed E-state index contributed by atoms with van der Waals surface area (Å²) in [5, 5.41) is 7.69. The van der Waals surface area contributed by atoms with E-state index in [0.717, 1.165) is 24.9 Å². The fourth-order valence-corrected chi connectivity index (χ4v) is 4.33. The van der Waals surface area contributed by atoms with E-state index < -0.39 is 6.04 Å². The Hall–Kier alpha value is -3.45. The highest BCUT2D eigenvalue weighted by Crippen LogP contribution is 2.25. The van der Waals surface area contributed by atoms with E-state index in [4.69, 9.17) is 23.4 Å². The minimum atomic E-state index is -0.601. The third-order valence-electron chi connectivity index (χ3n) is 5.68. The second kappa shape index (κ2) is 11.4. The monoisotopic (exact) mass is 461 g/mol. The number of aromatic nitrogens is 1. The second-order valence-electron chi connectivity index (χ2n) is 7.50. The van der Waals surface area contributed by atoms with Crippen LogP contribution in [0.15, 0.2) is 72.9 Å². The molecule has 1 saturated heterocycles. The lowest BCUT2D eigenvalue weighted by molar-refractivity contribution is -0.133. The Morgan fingerprint density at radius 3 is 2.12 bits per heavy atom. The molecule has 2 heterocycles. The number of piperazine rings is 1. The number of carbonyl (C=O) groups is 1. The van der Waals surface area contributed by atoms with E-state index in [1.807, 2.05) is 67.3 Å². The minimum absolute atomic E-state index is 0.00397. The highest BCUT2D eigenvalue weighted by atomic mass is 32.1. The van der Waals surface area contributed by atoms with Crippen LogP contribution in [0.3, 0.4) is 0 Å². The molecule has 2 aromatic carbocycles. The topological polar surface area (TPSA) is 78.3 Å². The first kappa shape index (κ1) is 24.2. The van der Waals surface area contributed by atoms with Gasteiger partial charge in [-0.05, 0) is 23.8 Å². The molecule has 1 amide bonds. The predicted octanol–water partition coefficient (Wildman–Crippen LogP) is 4.76. The van der Waals surface area contributed by atoms with Crippen molar-refractivity contribution in [2.45, 2.75) is 19.9 Å². The van der Waals surface area contributed by atoms with Crippen LogP contribution in [0.25, 0.3) is 0 Å². The Morgan fingerprint density at radius 2 is 1.55 bits per heavy atom. The summed E-state index contributed by atoms with van der Waals surface area (Å²) in [6.45, 7) is 6.82. The quantitative estimate of drug-likeness (QED) is 0.424. The van der Waals surface area contributed by atoms with E-state index in [-0.39, 0.29) is 5.91 Å². The third kappa shape index (κ3) is 5.31. The van der Waals surface area contributed by atoms with Crippen LogP contribution in [-0.2, 0) is 4.79 Å². The molecule has 0 saturated carbocycles.